The van der Waals surface area contributed by atoms with Crippen molar-refractivity contribution in [2.24, 2.45) is 0 Å². The highest BCUT2D eigenvalue weighted by atomic mass is 19.1. The van der Waals surface area contributed by atoms with E-state index in [2.05, 4.69) is 9.68 Å². The summed E-state index contributed by atoms with van der Waals surface area (Å²) < 4.78 is 23.3. The monoisotopic (exact) mass is 235 g/mol. The number of anilines is 1. The molecule has 6 heteroatoms. The van der Waals surface area contributed by atoms with Crippen molar-refractivity contribution in [3.8, 4) is 5.75 Å². The van der Waals surface area contributed by atoms with E-state index in [9.17, 15) is 4.39 Å². The minimum Gasteiger partial charge on any atom is -0.484 e. The molecular weight excluding hydrogens is 225 g/mol. The van der Waals surface area contributed by atoms with E-state index in [1.165, 1.54) is 12.3 Å². The second-order valence-electron chi connectivity index (χ2n) is 3.34. The summed E-state index contributed by atoms with van der Waals surface area (Å²) in [6, 6.07) is 4.11. The standard InChI is InChI=1S/C11H10FN3O2/c12-9-3-7(5-13)10(14)4-11(9)16-6-8-1-2-17-15-8/h1-5,13H,6,14H2. The maximum absolute atomic E-state index is 13.5. The molecule has 1 heterocycles. The molecule has 0 fully saturated rings. The Kier molecular flexibility index (Phi) is 3.04. The first kappa shape index (κ1) is 11.1. The highest BCUT2D eigenvalue weighted by Gasteiger charge is 2.08. The predicted octanol–water partition coefficient (Wildman–Crippen LogP) is 1.97. The van der Waals surface area contributed by atoms with Gasteiger partial charge in [0.25, 0.3) is 0 Å². The number of hydrogen-bond acceptors (Lipinski definition) is 5. The summed E-state index contributed by atoms with van der Waals surface area (Å²) >= 11 is 0. The van der Waals surface area contributed by atoms with Gasteiger partial charge in [-0.15, -0.1) is 0 Å². The Bertz CT molecular complexity index is 526. The molecule has 0 amide bonds. The van der Waals surface area contributed by atoms with Crippen molar-refractivity contribution in [2.45, 2.75) is 6.61 Å². The van der Waals surface area contributed by atoms with E-state index in [1.807, 2.05) is 0 Å². The lowest BCUT2D eigenvalue weighted by Gasteiger charge is -2.08. The zero-order valence-corrected chi connectivity index (χ0v) is 8.81. The van der Waals surface area contributed by atoms with Gasteiger partial charge in [0.05, 0.1) is 0 Å². The van der Waals surface area contributed by atoms with Crippen molar-refractivity contribution in [1.29, 1.82) is 5.41 Å². The van der Waals surface area contributed by atoms with Crippen LogP contribution in [0.15, 0.2) is 29.0 Å². The average molecular weight is 235 g/mol. The molecule has 1 aromatic carbocycles. The minimum atomic E-state index is -0.568. The molecule has 0 radical (unpaired) electrons. The second kappa shape index (κ2) is 4.65. The van der Waals surface area contributed by atoms with Gasteiger partial charge in [0.2, 0.25) is 0 Å². The molecule has 2 rings (SSSR count). The number of hydrogen-bond donors (Lipinski definition) is 2. The number of nitrogens with two attached hydrogens (primary N) is 1. The smallest absolute Gasteiger partial charge is 0.165 e. The Hall–Kier alpha value is -2.37. The lowest BCUT2D eigenvalue weighted by Crippen LogP contribution is -2.01. The highest BCUT2D eigenvalue weighted by Crippen LogP contribution is 2.24. The van der Waals surface area contributed by atoms with Gasteiger partial charge in [-0.1, -0.05) is 5.16 Å². The second-order valence-corrected chi connectivity index (χ2v) is 3.34. The summed E-state index contributed by atoms with van der Waals surface area (Å²) in [5.41, 5.74) is 6.78. The molecule has 0 saturated heterocycles. The predicted molar refractivity (Wildman–Crippen MR) is 59.5 cm³/mol. The number of nitrogens with zero attached hydrogens (tertiary/aromatic N) is 1. The third kappa shape index (κ3) is 2.41. The maximum Gasteiger partial charge on any atom is 0.165 e. The molecule has 5 nitrogen and oxygen atoms in total. The molecule has 0 saturated carbocycles. The van der Waals surface area contributed by atoms with Gasteiger partial charge in [0.15, 0.2) is 11.6 Å². The van der Waals surface area contributed by atoms with Crippen LogP contribution in [0, 0.1) is 11.2 Å². The molecule has 0 atom stereocenters. The van der Waals surface area contributed by atoms with E-state index in [0.29, 0.717) is 11.3 Å². The Morgan fingerprint density at radius 3 is 3.00 bits per heavy atom. The fraction of sp³-hybridized carbons (Fsp3) is 0.0909. The van der Waals surface area contributed by atoms with Gasteiger partial charge >= 0.3 is 0 Å². The number of benzene rings is 1. The van der Waals surface area contributed by atoms with Crippen LogP contribution < -0.4 is 10.5 Å². The molecule has 88 valence electrons. The lowest BCUT2D eigenvalue weighted by atomic mass is 10.2. The first-order valence-electron chi connectivity index (χ1n) is 4.82. The van der Waals surface area contributed by atoms with Crippen LogP contribution in [-0.4, -0.2) is 11.4 Å². The highest BCUT2D eigenvalue weighted by molar-refractivity contribution is 5.85. The largest absolute Gasteiger partial charge is 0.484 e. The average Bonchev–Trinajstić information content (AvgIpc) is 2.82. The van der Waals surface area contributed by atoms with Gasteiger partial charge in [-0.25, -0.2) is 4.39 Å². The SMILES string of the molecule is N=Cc1cc(F)c(OCc2ccon2)cc1N. The van der Waals surface area contributed by atoms with Crippen LogP contribution in [0.5, 0.6) is 5.75 Å². The summed E-state index contributed by atoms with van der Waals surface area (Å²) in [4.78, 5) is 0. The molecule has 0 spiro atoms. The van der Waals surface area contributed by atoms with Gasteiger partial charge in [0.1, 0.15) is 18.6 Å². The van der Waals surface area contributed by atoms with Crippen molar-refractivity contribution in [3.63, 3.8) is 0 Å². The quantitative estimate of drug-likeness (QED) is 0.626. The zero-order chi connectivity index (χ0) is 12.3. The van der Waals surface area contributed by atoms with Crippen molar-refractivity contribution < 1.29 is 13.7 Å². The number of nitrogens with one attached hydrogen (secondary N) is 1. The van der Waals surface area contributed by atoms with Crippen molar-refractivity contribution in [1.82, 2.24) is 5.16 Å². The maximum atomic E-state index is 13.5. The van der Waals surface area contributed by atoms with Crippen molar-refractivity contribution in [3.05, 3.63) is 41.5 Å². The van der Waals surface area contributed by atoms with Crippen LogP contribution in [-0.2, 0) is 6.61 Å². The summed E-state index contributed by atoms with van der Waals surface area (Å²) in [5.74, 6) is -0.544. The van der Waals surface area contributed by atoms with Crippen LogP contribution in [0.2, 0.25) is 0 Å². The minimum absolute atomic E-state index is 0.0242. The Morgan fingerprint density at radius 1 is 1.53 bits per heavy atom. The zero-order valence-electron chi connectivity index (χ0n) is 8.81. The molecule has 0 aliphatic heterocycles. The number of aromatic nitrogens is 1. The van der Waals surface area contributed by atoms with E-state index >= 15 is 0 Å². The molecular formula is C11H10FN3O2. The van der Waals surface area contributed by atoms with E-state index in [-0.39, 0.29) is 18.0 Å². The Balaban J connectivity index is 2.16. The number of nitrogen functional groups attached to an aromatic ring is 1. The number of ether oxygens (including phenoxy) is 1. The van der Waals surface area contributed by atoms with Gasteiger partial charge in [-0.2, -0.15) is 0 Å². The normalized spacial score (nSPS) is 10.2. The molecule has 0 aliphatic carbocycles. The third-order valence-electron chi connectivity index (χ3n) is 2.16. The molecule has 1 aromatic heterocycles. The molecule has 0 unspecified atom stereocenters. The summed E-state index contributed by atoms with van der Waals surface area (Å²) in [7, 11) is 0. The number of halogens is 1. The van der Waals surface area contributed by atoms with Crippen LogP contribution in [0.25, 0.3) is 0 Å². The number of rotatable bonds is 4. The van der Waals surface area contributed by atoms with Crippen molar-refractivity contribution >= 4 is 11.9 Å². The van der Waals surface area contributed by atoms with E-state index in [0.717, 1.165) is 12.3 Å². The van der Waals surface area contributed by atoms with Gasteiger partial charge in [0, 0.05) is 29.6 Å². The van der Waals surface area contributed by atoms with Crippen LogP contribution in [0.1, 0.15) is 11.3 Å². The van der Waals surface area contributed by atoms with Gasteiger partial charge < -0.3 is 20.4 Å². The van der Waals surface area contributed by atoms with Crippen LogP contribution in [0.3, 0.4) is 0 Å². The fourth-order valence-corrected chi connectivity index (χ4v) is 1.28. The summed E-state index contributed by atoms with van der Waals surface area (Å²) in [6.07, 6.45) is 2.39. The molecule has 17 heavy (non-hydrogen) atoms. The van der Waals surface area contributed by atoms with E-state index in [4.69, 9.17) is 15.9 Å². The third-order valence-corrected chi connectivity index (χ3v) is 2.16. The first-order valence-corrected chi connectivity index (χ1v) is 4.82. The van der Waals surface area contributed by atoms with E-state index in [1.54, 1.807) is 6.07 Å². The lowest BCUT2D eigenvalue weighted by molar-refractivity contribution is 0.276. The Morgan fingerprint density at radius 2 is 2.35 bits per heavy atom. The first-order chi connectivity index (χ1) is 8.20. The van der Waals surface area contributed by atoms with Crippen LogP contribution >= 0.6 is 0 Å². The molecule has 2 aromatic rings. The van der Waals surface area contributed by atoms with Crippen molar-refractivity contribution in [2.75, 3.05) is 5.73 Å². The Labute approximate surface area is 96.5 Å². The fourth-order valence-electron chi connectivity index (χ4n) is 1.28. The molecule has 0 aliphatic rings. The molecule has 3 N–H and O–H groups in total. The topological polar surface area (TPSA) is 85.1 Å². The van der Waals surface area contributed by atoms with E-state index < -0.39 is 5.82 Å². The molecule has 0 bridgehead atoms. The summed E-state index contributed by atoms with van der Waals surface area (Å²) in [6.45, 7) is 0.0940. The summed E-state index contributed by atoms with van der Waals surface area (Å²) in [5, 5.41) is 10.7. The van der Waals surface area contributed by atoms with Gasteiger partial charge in [-0.3, -0.25) is 0 Å². The van der Waals surface area contributed by atoms with Gasteiger partial charge in [-0.05, 0) is 6.07 Å². The van der Waals surface area contributed by atoms with Crippen LogP contribution in [0.4, 0.5) is 10.1 Å².